The molecular weight excluding hydrogens is 290 g/mol. The molecule has 90 valence electrons. The van der Waals surface area contributed by atoms with Gasteiger partial charge in [0.2, 0.25) is 0 Å². The van der Waals surface area contributed by atoms with Gasteiger partial charge < -0.3 is 14.7 Å². The van der Waals surface area contributed by atoms with Crippen LogP contribution in [0.3, 0.4) is 0 Å². The van der Waals surface area contributed by atoms with Crippen molar-refractivity contribution in [2.75, 3.05) is 0 Å². The number of nitrogens with zero attached hydrogens (tertiary/aromatic N) is 5. The van der Waals surface area contributed by atoms with Gasteiger partial charge in [-0.05, 0) is 20.9 Å². The Balaban J connectivity index is 2.07. The molecule has 0 saturated carbocycles. The van der Waals surface area contributed by atoms with Crippen LogP contribution in [0.1, 0.15) is 5.82 Å². The summed E-state index contributed by atoms with van der Waals surface area (Å²) in [4.78, 5) is 14.3. The Kier molecular flexibility index (Phi) is 3.23. The van der Waals surface area contributed by atoms with Crippen LogP contribution in [-0.2, 0) is 20.0 Å². The highest BCUT2D eigenvalue weighted by molar-refractivity contribution is 9.10. The first kappa shape index (κ1) is 11.8. The lowest BCUT2D eigenvalue weighted by atomic mass is 10.4. The van der Waals surface area contributed by atoms with E-state index < -0.39 is 4.92 Å². The minimum atomic E-state index is -0.513. The minimum Gasteiger partial charge on any atom is -0.358 e. The molecule has 0 aromatic carbocycles. The van der Waals surface area contributed by atoms with E-state index in [1.807, 2.05) is 17.8 Å². The van der Waals surface area contributed by atoms with Crippen molar-refractivity contribution in [2.45, 2.75) is 13.0 Å². The molecule has 0 aliphatic carbocycles. The van der Waals surface area contributed by atoms with Gasteiger partial charge in [0, 0.05) is 25.9 Å². The molecule has 0 radical (unpaired) electrons. The van der Waals surface area contributed by atoms with Gasteiger partial charge in [0.05, 0.1) is 17.8 Å². The Hall–Kier alpha value is -1.70. The van der Waals surface area contributed by atoms with E-state index in [4.69, 9.17) is 0 Å². The molecule has 0 amide bonds. The van der Waals surface area contributed by atoms with Crippen LogP contribution in [0, 0.1) is 10.1 Å². The van der Waals surface area contributed by atoms with Gasteiger partial charge in [-0.2, -0.15) is 4.68 Å². The van der Waals surface area contributed by atoms with Gasteiger partial charge >= 0.3 is 5.82 Å². The van der Waals surface area contributed by atoms with Crippen molar-refractivity contribution >= 4 is 21.7 Å². The molecule has 0 atom stereocenters. The van der Waals surface area contributed by atoms with Crippen molar-refractivity contribution in [3.05, 3.63) is 39.0 Å². The van der Waals surface area contributed by atoms with Crippen molar-refractivity contribution in [3.63, 3.8) is 0 Å². The van der Waals surface area contributed by atoms with Gasteiger partial charge in [0.1, 0.15) is 10.3 Å². The third-order valence-electron chi connectivity index (χ3n) is 2.36. The Morgan fingerprint density at radius 3 is 2.88 bits per heavy atom. The molecule has 0 saturated heterocycles. The molecule has 0 spiro atoms. The van der Waals surface area contributed by atoms with Crippen LogP contribution in [0.5, 0.6) is 0 Å². The first-order valence-electron chi connectivity index (χ1n) is 4.91. The summed E-state index contributed by atoms with van der Waals surface area (Å²) in [5.41, 5.74) is 0. The highest BCUT2D eigenvalue weighted by Crippen LogP contribution is 2.21. The van der Waals surface area contributed by atoms with E-state index in [0.29, 0.717) is 17.4 Å². The maximum Gasteiger partial charge on any atom is 0.404 e. The summed E-state index contributed by atoms with van der Waals surface area (Å²) in [5.74, 6) is 0.754. The quantitative estimate of drug-likeness (QED) is 0.633. The van der Waals surface area contributed by atoms with E-state index in [0.717, 1.165) is 5.82 Å². The molecule has 2 heterocycles. The zero-order valence-electron chi connectivity index (χ0n) is 9.08. The lowest BCUT2D eigenvalue weighted by molar-refractivity contribution is -0.390. The number of hydrogen-bond donors (Lipinski definition) is 0. The summed E-state index contributed by atoms with van der Waals surface area (Å²) in [5, 5.41) is 14.5. The normalized spacial score (nSPS) is 10.7. The van der Waals surface area contributed by atoms with Gasteiger partial charge in [-0.1, -0.05) is 0 Å². The van der Waals surface area contributed by atoms with E-state index in [-0.39, 0.29) is 5.82 Å². The summed E-state index contributed by atoms with van der Waals surface area (Å²) < 4.78 is 3.84. The van der Waals surface area contributed by atoms with Gasteiger partial charge in [-0.3, -0.25) is 0 Å². The lowest BCUT2D eigenvalue weighted by Crippen LogP contribution is -2.06. The molecule has 7 nitrogen and oxygen atoms in total. The highest BCUT2D eigenvalue weighted by atomic mass is 79.9. The number of imidazole rings is 1. The third kappa shape index (κ3) is 2.52. The molecule has 2 aromatic heterocycles. The van der Waals surface area contributed by atoms with Crippen LogP contribution >= 0.6 is 15.9 Å². The SMILES string of the molecule is Cn1ccnc1CCn1cc(Br)c([N+](=O)[O-])n1. The first-order chi connectivity index (χ1) is 8.08. The highest BCUT2D eigenvalue weighted by Gasteiger charge is 2.18. The van der Waals surface area contributed by atoms with Crippen molar-refractivity contribution < 1.29 is 4.92 Å². The van der Waals surface area contributed by atoms with Crippen molar-refractivity contribution in [1.29, 1.82) is 0 Å². The van der Waals surface area contributed by atoms with Crippen LogP contribution in [0.15, 0.2) is 23.1 Å². The molecule has 17 heavy (non-hydrogen) atoms. The Morgan fingerprint density at radius 2 is 2.35 bits per heavy atom. The van der Waals surface area contributed by atoms with Crippen LogP contribution in [0.25, 0.3) is 0 Å². The summed E-state index contributed by atoms with van der Waals surface area (Å²) in [6.45, 7) is 0.553. The number of halogens is 1. The summed E-state index contributed by atoms with van der Waals surface area (Å²) in [7, 11) is 1.91. The first-order valence-corrected chi connectivity index (χ1v) is 5.71. The molecule has 0 fully saturated rings. The second-order valence-electron chi connectivity index (χ2n) is 3.53. The average molecular weight is 300 g/mol. The fourth-order valence-electron chi connectivity index (χ4n) is 1.48. The second kappa shape index (κ2) is 4.66. The molecular formula is C9H10BrN5O2. The van der Waals surface area contributed by atoms with Gasteiger partial charge in [0.15, 0.2) is 0 Å². The van der Waals surface area contributed by atoms with E-state index in [1.165, 1.54) is 4.68 Å². The number of aryl methyl sites for hydroxylation is 3. The summed E-state index contributed by atoms with van der Waals surface area (Å²) in [6, 6.07) is 0. The number of rotatable bonds is 4. The van der Waals surface area contributed by atoms with Crippen molar-refractivity contribution in [1.82, 2.24) is 19.3 Å². The molecule has 2 aromatic rings. The molecule has 8 heteroatoms. The molecule has 0 bridgehead atoms. The number of aromatic nitrogens is 4. The molecule has 0 aliphatic rings. The topological polar surface area (TPSA) is 78.8 Å². The van der Waals surface area contributed by atoms with Crippen LogP contribution < -0.4 is 0 Å². The van der Waals surface area contributed by atoms with E-state index in [9.17, 15) is 10.1 Å². The van der Waals surface area contributed by atoms with E-state index >= 15 is 0 Å². The molecule has 0 N–H and O–H groups in total. The standard InChI is InChI=1S/C9H10BrN5O2/c1-13-5-3-11-8(13)2-4-14-6-7(10)9(12-14)15(16)17/h3,5-6H,2,4H2,1H3. The fraction of sp³-hybridized carbons (Fsp3) is 0.333. The van der Waals surface area contributed by atoms with Gasteiger partial charge in [0.25, 0.3) is 0 Å². The second-order valence-corrected chi connectivity index (χ2v) is 4.38. The zero-order valence-corrected chi connectivity index (χ0v) is 10.7. The largest absolute Gasteiger partial charge is 0.404 e. The van der Waals surface area contributed by atoms with Crippen LogP contribution in [0.4, 0.5) is 5.82 Å². The van der Waals surface area contributed by atoms with E-state index in [1.54, 1.807) is 12.4 Å². The smallest absolute Gasteiger partial charge is 0.358 e. The van der Waals surface area contributed by atoms with Crippen LogP contribution in [-0.4, -0.2) is 24.3 Å². The van der Waals surface area contributed by atoms with Crippen molar-refractivity contribution in [3.8, 4) is 0 Å². The number of nitro groups is 1. The lowest BCUT2D eigenvalue weighted by Gasteiger charge is -1.99. The monoisotopic (exact) mass is 299 g/mol. The molecule has 0 unspecified atom stereocenters. The maximum absolute atomic E-state index is 10.6. The average Bonchev–Trinajstić information content (AvgIpc) is 2.82. The predicted octanol–water partition coefficient (Wildman–Crippen LogP) is 1.53. The Morgan fingerprint density at radius 1 is 1.59 bits per heavy atom. The van der Waals surface area contributed by atoms with Crippen molar-refractivity contribution in [2.24, 2.45) is 7.05 Å². The Labute approximate surface area is 105 Å². The van der Waals surface area contributed by atoms with Gasteiger partial charge in [-0.15, -0.1) is 0 Å². The van der Waals surface area contributed by atoms with Crippen LogP contribution in [0.2, 0.25) is 0 Å². The molecule has 2 rings (SSSR count). The minimum absolute atomic E-state index is 0.162. The summed E-state index contributed by atoms with van der Waals surface area (Å²) >= 11 is 3.11. The third-order valence-corrected chi connectivity index (χ3v) is 2.92. The zero-order chi connectivity index (χ0) is 12.4. The predicted molar refractivity (Wildman–Crippen MR) is 63.5 cm³/mol. The number of hydrogen-bond acceptors (Lipinski definition) is 4. The maximum atomic E-state index is 10.6. The van der Waals surface area contributed by atoms with E-state index in [2.05, 4.69) is 26.0 Å². The molecule has 0 aliphatic heterocycles. The fourth-order valence-corrected chi connectivity index (χ4v) is 1.94. The Bertz CT molecular complexity index is 547. The summed E-state index contributed by atoms with van der Waals surface area (Å²) in [6.07, 6.45) is 5.85. The van der Waals surface area contributed by atoms with Gasteiger partial charge in [-0.25, -0.2) is 4.98 Å².